The number of carbonyl (C=O) groups excluding carboxylic acids is 1. The van der Waals surface area contributed by atoms with E-state index in [1.54, 1.807) is 12.1 Å². The van der Waals surface area contributed by atoms with Crippen molar-refractivity contribution in [3.8, 4) is 0 Å². The van der Waals surface area contributed by atoms with Crippen molar-refractivity contribution < 1.29 is 14.5 Å². The molecule has 0 spiro atoms. The predicted octanol–water partition coefficient (Wildman–Crippen LogP) is 4.15. The number of hydrogen-bond donors (Lipinski definition) is 0. The fourth-order valence-corrected chi connectivity index (χ4v) is 4.75. The highest BCUT2D eigenvalue weighted by Gasteiger charge is 2.33. The minimum Gasteiger partial charge on any atom is -0.378 e. The van der Waals surface area contributed by atoms with Crippen molar-refractivity contribution in [2.75, 3.05) is 36.1 Å². The summed E-state index contributed by atoms with van der Waals surface area (Å²) in [4.78, 5) is 28.1. The van der Waals surface area contributed by atoms with Crippen LogP contribution in [0.2, 0.25) is 0 Å². The number of nitrogens with zero attached hydrogens (tertiary/aromatic N) is 3. The van der Waals surface area contributed by atoms with Crippen molar-refractivity contribution in [3.05, 3.63) is 68.6 Å². The number of amides is 1. The van der Waals surface area contributed by atoms with E-state index in [1.165, 1.54) is 28.8 Å². The molecule has 2 aliphatic rings. The number of thioether (sulfide) groups is 1. The standard InChI is InChI=1S/C21H19N3O4S2/c1-14-3-2-4-16(11-14)23-20(25)19(30-21(23)29)13-15-12-17(24(26)27)5-6-18(15)22-7-9-28-10-8-22/h2-6,11-13H,7-10H2,1H3/b19-13+. The second-order valence-corrected chi connectivity index (χ2v) is 8.63. The number of benzene rings is 2. The van der Waals surface area contributed by atoms with Gasteiger partial charge >= 0.3 is 0 Å². The number of rotatable bonds is 4. The van der Waals surface area contributed by atoms with E-state index in [9.17, 15) is 14.9 Å². The third kappa shape index (κ3) is 4.09. The lowest BCUT2D eigenvalue weighted by molar-refractivity contribution is -0.384. The van der Waals surface area contributed by atoms with Gasteiger partial charge in [0, 0.05) is 36.5 Å². The minimum absolute atomic E-state index is 0.0209. The van der Waals surface area contributed by atoms with Crippen LogP contribution in [0.4, 0.5) is 17.1 Å². The van der Waals surface area contributed by atoms with Crippen molar-refractivity contribution in [1.82, 2.24) is 0 Å². The van der Waals surface area contributed by atoms with Gasteiger partial charge in [0.2, 0.25) is 0 Å². The minimum atomic E-state index is -0.432. The van der Waals surface area contributed by atoms with Crippen LogP contribution in [0.15, 0.2) is 47.4 Å². The van der Waals surface area contributed by atoms with E-state index in [0.29, 0.717) is 46.8 Å². The Balaban J connectivity index is 1.73. The van der Waals surface area contributed by atoms with Crippen LogP contribution < -0.4 is 9.80 Å². The quantitative estimate of drug-likeness (QED) is 0.305. The third-order valence-electron chi connectivity index (χ3n) is 4.91. The fourth-order valence-electron chi connectivity index (χ4n) is 3.46. The Bertz CT molecular complexity index is 1060. The van der Waals surface area contributed by atoms with E-state index in [2.05, 4.69) is 4.90 Å². The van der Waals surface area contributed by atoms with Crippen LogP contribution in [0.5, 0.6) is 0 Å². The summed E-state index contributed by atoms with van der Waals surface area (Å²) < 4.78 is 5.85. The van der Waals surface area contributed by atoms with Crippen LogP contribution in [0.3, 0.4) is 0 Å². The molecule has 1 amide bonds. The molecule has 0 aliphatic carbocycles. The van der Waals surface area contributed by atoms with Gasteiger partial charge in [0.15, 0.2) is 4.32 Å². The van der Waals surface area contributed by atoms with E-state index in [0.717, 1.165) is 11.3 Å². The number of non-ortho nitro benzene ring substituents is 1. The van der Waals surface area contributed by atoms with Crippen molar-refractivity contribution in [3.63, 3.8) is 0 Å². The summed E-state index contributed by atoms with van der Waals surface area (Å²) in [5.41, 5.74) is 3.18. The molecule has 2 heterocycles. The predicted molar refractivity (Wildman–Crippen MR) is 123 cm³/mol. The summed E-state index contributed by atoms with van der Waals surface area (Å²) in [6.45, 7) is 4.50. The molecule has 0 unspecified atom stereocenters. The molecule has 0 N–H and O–H groups in total. The van der Waals surface area contributed by atoms with Crippen LogP contribution in [0, 0.1) is 17.0 Å². The molecule has 0 aromatic heterocycles. The van der Waals surface area contributed by atoms with E-state index in [1.807, 2.05) is 31.2 Å². The molecule has 0 radical (unpaired) electrons. The first kappa shape index (κ1) is 20.5. The maximum absolute atomic E-state index is 13.1. The first-order chi connectivity index (χ1) is 14.4. The molecule has 30 heavy (non-hydrogen) atoms. The summed E-state index contributed by atoms with van der Waals surface area (Å²) in [6, 6.07) is 12.3. The molecule has 2 fully saturated rings. The highest BCUT2D eigenvalue weighted by atomic mass is 32.2. The summed E-state index contributed by atoms with van der Waals surface area (Å²) in [5, 5.41) is 11.3. The highest BCUT2D eigenvalue weighted by Crippen LogP contribution is 2.38. The first-order valence-electron chi connectivity index (χ1n) is 9.40. The molecule has 2 aliphatic heterocycles. The Morgan fingerprint density at radius 1 is 1.20 bits per heavy atom. The Hall–Kier alpha value is -2.75. The molecule has 0 saturated carbocycles. The largest absolute Gasteiger partial charge is 0.378 e. The maximum atomic E-state index is 13.1. The van der Waals surface area contributed by atoms with Gasteiger partial charge in [-0.2, -0.15) is 0 Å². The Morgan fingerprint density at radius 3 is 2.67 bits per heavy atom. The zero-order chi connectivity index (χ0) is 21.3. The third-order valence-corrected chi connectivity index (χ3v) is 6.22. The smallest absolute Gasteiger partial charge is 0.270 e. The van der Waals surface area contributed by atoms with Crippen LogP contribution >= 0.6 is 24.0 Å². The summed E-state index contributed by atoms with van der Waals surface area (Å²) in [5.74, 6) is -0.227. The fraction of sp³-hybridized carbons (Fsp3) is 0.238. The number of anilines is 2. The van der Waals surface area contributed by atoms with E-state index in [-0.39, 0.29) is 11.6 Å². The van der Waals surface area contributed by atoms with Gasteiger partial charge in [-0.25, -0.2) is 0 Å². The topological polar surface area (TPSA) is 75.9 Å². The van der Waals surface area contributed by atoms with Gasteiger partial charge in [-0.3, -0.25) is 19.8 Å². The van der Waals surface area contributed by atoms with Crippen molar-refractivity contribution >= 4 is 57.3 Å². The number of carbonyl (C=O) groups is 1. The van der Waals surface area contributed by atoms with Gasteiger partial charge in [0.25, 0.3) is 11.6 Å². The average molecular weight is 442 g/mol. The van der Waals surface area contributed by atoms with Gasteiger partial charge in [0.05, 0.1) is 28.7 Å². The van der Waals surface area contributed by atoms with Crippen molar-refractivity contribution in [2.24, 2.45) is 0 Å². The van der Waals surface area contributed by atoms with Crippen LogP contribution in [-0.2, 0) is 9.53 Å². The van der Waals surface area contributed by atoms with E-state index >= 15 is 0 Å². The SMILES string of the molecule is Cc1cccc(N2C(=O)/C(=C\c3cc([N+](=O)[O-])ccc3N3CCOCC3)SC2=S)c1. The number of morpholine rings is 1. The molecule has 0 atom stereocenters. The molecule has 9 heteroatoms. The van der Waals surface area contributed by atoms with Crippen LogP contribution in [0.1, 0.15) is 11.1 Å². The average Bonchev–Trinajstić information content (AvgIpc) is 3.01. The number of hydrogen-bond acceptors (Lipinski definition) is 7. The zero-order valence-electron chi connectivity index (χ0n) is 16.2. The number of thiocarbonyl (C=S) groups is 1. The van der Waals surface area contributed by atoms with Crippen LogP contribution in [-0.4, -0.2) is 41.5 Å². The van der Waals surface area contributed by atoms with Crippen molar-refractivity contribution in [2.45, 2.75) is 6.92 Å². The lowest BCUT2D eigenvalue weighted by Gasteiger charge is -2.30. The van der Waals surface area contributed by atoms with E-state index < -0.39 is 4.92 Å². The lowest BCUT2D eigenvalue weighted by Crippen LogP contribution is -2.36. The Kier molecular flexibility index (Phi) is 5.85. The zero-order valence-corrected chi connectivity index (χ0v) is 17.9. The Labute approximate surface area is 183 Å². The summed E-state index contributed by atoms with van der Waals surface area (Å²) in [7, 11) is 0. The van der Waals surface area contributed by atoms with Gasteiger partial charge in [-0.1, -0.05) is 36.1 Å². The molecule has 0 bridgehead atoms. The molecule has 7 nitrogen and oxygen atoms in total. The molecular formula is C21H19N3O4S2. The second kappa shape index (κ2) is 8.55. The molecule has 4 rings (SSSR count). The highest BCUT2D eigenvalue weighted by molar-refractivity contribution is 8.27. The van der Waals surface area contributed by atoms with Gasteiger partial charge in [0.1, 0.15) is 0 Å². The Morgan fingerprint density at radius 2 is 1.97 bits per heavy atom. The number of nitro groups is 1. The molecule has 154 valence electrons. The normalized spacial score (nSPS) is 18.4. The maximum Gasteiger partial charge on any atom is 0.270 e. The molecule has 2 aromatic carbocycles. The van der Waals surface area contributed by atoms with Crippen molar-refractivity contribution in [1.29, 1.82) is 0 Å². The second-order valence-electron chi connectivity index (χ2n) is 6.96. The number of aryl methyl sites for hydroxylation is 1. The van der Waals surface area contributed by atoms with Gasteiger partial charge in [-0.15, -0.1) is 0 Å². The molecule has 2 saturated heterocycles. The molecular weight excluding hydrogens is 422 g/mol. The summed E-state index contributed by atoms with van der Waals surface area (Å²) in [6.07, 6.45) is 1.70. The lowest BCUT2D eigenvalue weighted by atomic mass is 10.1. The van der Waals surface area contributed by atoms with Gasteiger partial charge < -0.3 is 9.64 Å². The van der Waals surface area contributed by atoms with Crippen LogP contribution in [0.25, 0.3) is 6.08 Å². The molecule has 2 aromatic rings. The van der Waals surface area contributed by atoms with Gasteiger partial charge in [-0.05, 0) is 36.8 Å². The monoisotopic (exact) mass is 441 g/mol. The number of nitro benzene ring substituents is 1. The summed E-state index contributed by atoms with van der Waals surface area (Å²) >= 11 is 6.66. The number of ether oxygens (including phenoxy) is 1. The van der Waals surface area contributed by atoms with E-state index in [4.69, 9.17) is 17.0 Å². The first-order valence-corrected chi connectivity index (χ1v) is 10.6.